The Hall–Kier alpha value is -4.94. The fraction of sp³-hybridized carbons (Fsp3) is 0.0606. The third-order valence-corrected chi connectivity index (χ3v) is 9.27. The first-order valence-corrected chi connectivity index (χ1v) is 15.8. The summed E-state index contributed by atoms with van der Waals surface area (Å²) in [6.07, 6.45) is 4.53. The Morgan fingerprint density at radius 1 is 0.889 bits per heavy atom. The highest BCUT2D eigenvalue weighted by atomic mass is 79.9. The fourth-order valence-corrected chi connectivity index (χ4v) is 6.65. The Morgan fingerprint density at radius 2 is 1.69 bits per heavy atom. The van der Waals surface area contributed by atoms with Crippen molar-refractivity contribution in [3.8, 4) is 11.1 Å². The van der Waals surface area contributed by atoms with E-state index in [1.807, 2.05) is 12.1 Å². The van der Waals surface area contributed by atoms with Crippen LogP contribution in [0.5, 0.6) is 0 Å². The minimum atomic E-state index is -3.94. The van der Waals surface area contributed by atoms with Crippen molar-refractivity contribution < 1.29 is 22.0 Å². The molecule has 45 heavy (non-hydrogen) atoms. The summed E-state index contributed by atoms with van der Waals surface area (Å²) in [4.78, 5) is 30.6. The van der Waals surface area contributed by atoms with E-state index in [-0.39, 0.29) is 29.2 Å². The van der Waals surface area contributed by atoms with Crippen molar-refractivity contribution in [3.05, 3.63) is 153 Å². The van der Waals surface area contributed by atoms with Gasteiger partial charge in [0, 0.05) is 40.6 Å². The van der Waals surface area contributed by atoms with Crippen LogP contribution in [0.2, 0.25) is 0 Å². The summed E-state index contributed by atoms with van der Waals surface area (Å²) in [7, 11) is -3.94. The normalized spacial score (nSPS) is 11.5. The first kappa shape index (κ1) is 30.1. The highest BCUT2D eigenvalue weighted by Gasteiger charge is 2.23. The lowest BCUT2D eigenvalue weighted by atomic mass is 10.0. The van der Waals surface area contributed by atoms with Crippen molar-refractivity contribution in [1.82, 2.24) is 18.8 Å². The first-order valence-electron chi connectivity index (χ1n) is 13.6. The summed E-state index contributed by atoms with van der Waals surface area (Å²) in [5.74, 6) is -2.62. The summed E-state index contributed by atoms with van der Waals surface area (Å²) in [5.41, 5.74) is 1.95. The minimum absolute atomic E-state index is 0.0439. The van der Waals surface area contributed by atoms with Gasteiger partial charge in [0.05, 0.1) is 11.4 Å². The molecule has 226 valence electrons. The average molecular weight is 690 g/mol. The molecule has 0 spiro atoms. The van der Waals surface area contributed by atoms with Crippen LogP contribution in [0.3, 0.4) is 0 Å². The van der Waals surface area contributed by atoms with Gasteiger partial charge < -0.3 is 9.88 Å². The summed E-state index contributed by atoms with van der Waals surface area (Å²) < 4.78 is 57.1. The molecule has 0 atom stereocenters. The lowest BCUT2D eigenvalue weighted by molar-refractivity contribution is 0.0948. The predicted octanol–water partition coefficient (Wildman–Crippen LogP) is 6.12. The molecule has 0 fully saturated rings. The fourth-order valence-electron chi connectivity index (χ4n) is 4.97. The molecule has 1 amide bonds. The molecule has 6 aromatic rings. The molecular formula is C33H23BrF2N4O4S. The lowest BCUT2D eigenvalue weighted by Crippen LogP contribution is -2.32. The third kappa shape index (κ3) is 6.06. The second-order valence-corrected chi connectivity index (χ2v) is 12.9. The Kier molecular flexibility index (Phi) is 8.17. The molecule has 0 saturated carbocycles. The quantitative estimate of drug-likeness (QED) is 0.208. The van der Waals surface area contributed by atoms with Crippen LogP contribution < -0.4 is 10.9 Å². The number of fused-ring (bicyclic) bond motifs is 1. The maximum Gasteiger partial charge on any atom is 0.269 e. The van der Waals surface area contributed by atoms with Crippen LogP contribution >= 0.6 is 15.9 Å². The van der Waals surface area contributed by atoms with Gasteiger partial charge in [-0.25, -0.2) is 26.2 Å². The number of halogens is 3. The molecule has 0 aliphatic heterocycles. The molecule has 8 nitrogen and oxygen atoms in total. The zero-order valence-corrected chi connectivity index (χ0v) is 25.7. The van der Waals surface area contributed by atoms with E-state index in [0.29, 0.717) is 32.1 Å². The van der Waals surface area contributed by atoms with E-state index in [0.717, 1.165) is 16.1 Å². The van der Waals surface area contributed by atoms with E-state index in [1.165, 1.54) is 53.5 Å². The SMILES string of the molecule is O=C(NCc1cccc(-c2cn(S(=O)(=O)c3ccccc3)c3ncc(Br)cc23)c1)c1cccn(Cc2ccc(F)c(F)c2)c1=O. The molecule has 3 aromatic carbocycles. The van der Waals surface area contributed by atoms with Gasteiger partial charge in [-0.3, -0.25) is 9.59 Å². The van der Waals surface area contributed by atoms with Crippen LogP contribution in [0, 0.1) is 11.6 Å². The third-order valence-electron chi connectivity index (χ3n) is 7.17. The van der Waals surface area contributed by atoms with Crippen molar-refractivity contribution in [1.29, 1.82) is 0 Å². The van der Waals surface area contributed by atoms with Crippen molar-refractivity contribution >= 4 is 42.9 Å². The number of aromatic nitrogens is 3. The van der Waals surface area contributed by atoms with Gasteiger partial charge in [0.2, 0.25) is 0 Å². The van der Waals surface area contributed by atoms with Gasteiger partial charge in [-0.1, -0.05) is 42.5 Å². The molecule has 3 heterocycles. The van der Waals surface area contributed by atoms with E-state index in [2.05, 4.69) is 26.2 Å². The van der Waals surface area contributed by atoms with Crippen molar-refractivity contribution in [2.45, 2.75) is 18.0 Å². The van der Waals surface area contributed by atoms with Crippen LogP contribution in [0.15, 0.2) is 124 Å². The predicted molar refractivity (Wildman–Crippen MR) is 169 cm³/mol. The molecule has 0 radical (unpaired) electrons. The second kappa shape index (κ2) is 12.2. The summed E-state index contributed by atoms with van der Waals surface area (Å²) in [5, 5.41) is 3.36. The van der Waals surface area contributed by atoms with Gasteiger partial charge in [0.25, 0.3) is 21.5 Å². The number of carbonyl (C=O) groups excluding carboxylic acids is 1. The van der Waals surface area contributed by atoms with Gasteiger partial charge in [0.1, 0.15) is 5.56 Å². The summed E-state index contributed by atoms with van der Waals surface area (Å²) in [6.45, 7) is 0.0326. The van der Waals surface area contributed by atoms with E-state index in [9.17, 15) is 26.8 Å². The molecule has 1 N–H and O–H groups in total. The number of carbonyl (C=O) groups is 1. The van der Waals surface area contributed by atoms with Crippen molar-refractivity contribution in [3.63, 3.8) is 0 Å². The standard InChI is InChI=1S/C33H23BrF2N4O4S/c34-24-16-27-28(20-40(31(27)37-18-24)45(43,44)25-8-2-1-3-9-25)23-7-4-6-21(14-23)17-38-32(41)26-10-5-13-39(33(26)42)19-22-11-12-29(35)30(36)15-22/h1-16,18,20H,17,19H2,(H,38,41). The van der Waals surface area contributed by atoms with Crippen LogP contribution in [0.1, 0.15) is 21.5 Å². The van der Waals surface area contributed by atoms with Crippen molar-refractivity contribution in [2.75, 3.05) is 0 Å². The topological polar surface area (TPSA) is 103 Å². The zero-order chi connectivity index (χ0) is 31.7. The molecule has 12 heteroatoms. The minimum Gasteiger partial charge on any atom is -0.348 e. The smallest absolute Gasteiger partial charge is 0.269 e. The van der Waals surface area contributed by atoms with E-state index in [1.54, 1.807) is 36.4 Å². The maximum absolute atomic E-state index is 13.6. The monoisotopic (exact) mass is 688 g/mol. The molecule has 3 aromatic heterocycles. The largest absolute Gasteiger partial charge is 0.348 e. The van der Waals surface area contributed by atoms with Gasteiger partial charge in [0.15, 0.2) is 17.3 Å². The number of benzene rings is 3. The molecule has 0 saturated heterocycles. The van der Waals surface area contributed by atoms with Crippen molar-refractivity contribution in [2.24, 2.45) is 0 Å². The van der Waals surface area contributed by atoms with Crippen LogP contribution in [-0.4, -0.2) is 27.8 Å². The number of amides is 1. The summed E-state index contributed by atoms with van der Waals surface area (Å²) in [6, 6.07) is 23.4. The number of nitrogens with zero attached hydrogens (tertiary/aromatic N) is 3. The number of hydrogen-bond donors (Lipinski definition) is 1. The first-order chi connectivity index (χ1) is 21.6. The van der Waals surface area contributed by atoms with E-state index < -0.39 is 33.1 Å². The van der Waals surface area contributed by atoms with Crippen LogP contribution in [-0.2, 0) is 23.1 Å². The molecular weight excluding hydrogens is 666 g/mol. The molecule has 6 rings (SSSR count). The van der Waals surface area contributed by atoms with Gasteiger partial charge >= 0.3 is 0 Å². The number of hydrogen-bond acceptors (Lipinski definition) is 5. The highest BCUT2D eigenvalue weighted by molar-refractivity contribution is 9.10. The zero-order valence-electron chi connectivity index (χ0n) is 23.3. The Labute approximate surface area is 264 Å². The highest BCUT2D eigenvalue weighted by Crippen LogP contribution is 2.34. The molecule has 0 bridgehead atoms. The van der Waals surface area contributed by atoms with Gasteiger partial charge in [-0.05, 0) is 81.2 Å². The van der Waals surface area contributed by atoms with Crippen LogP contribution in [0.4, 0.5) is 8.78 Å². The van der Waals surface area contributed by atoms with Crippen LogP contribution in [0.25, 0.3) is 22.2 Å². The number of nitrogens with one attached hydrogen (secondary N) is 1. The van der Waals surface area contributed by atoms with Gasteiger partial charge in [-0.2, -0.15) is 0 Å². The Morgan fingerprint density at radius 3 is 2.47 bits per heavy atom. The van der Waals surface area contributed by atoms with E-state index in [4.69, 9.17) is 0 Å². The Bertz CT molecular complexity index is 2250. The van der Waals surface area contributed by atoms with Gasteiger partial charge in [-0.15, -0.1) is 0 Å². The Balaban J connectivity index is 1.26. The molecule has 0 aliphatic rings. The lowest BCUT2D eigenvalue weighted by Gasteiger charge is -2.10. The maximum atomic E-state index is 13.6. The number of rotatable bonds is 8. The average Bonchev–Trinajstić information content (AvgIpc) is 3.43. The second-order valence-electron chi connectivity index (χ2n) is 10.2. The van der Waals surface area contributed by atoms with E-state index >= 15 is 0 Å². The number of pyridine rings is 2. The summed E-state index contributed by atoms with van der Waals surface area (Å²) >= 11 is 3.43. The molecule has 0 unspecified atom stereocenters. The molecule has 0 aliphatic carbocycles.